The fourth-order valence-electron chi connectivity index (χ4n) is 1.38. The minimum atomic E-state index is -1.06. The summed E-state index contributed by atoms with van der Waals surface area (Å²) >= 11 is 3.29. The van der Waals surface area contributed by atoms with Crippen LogP contribution in [0.2, 0.25) is 0 Å². The van der Waals surface area contributed by atoms with E-state index < -0.39 is 5.97 Å². The summed E-state index contributed by atoms with van der Waals surface area (Å²) < 4.78 is 7.69. The summed E-state index contributed by atoms with van der Waals surface area (Å²) in [5.74, 6) is -0.501. The van der Waals surface area contributed by atoms with E-state index in [0.717, 1.165) is 10.0 Å². The van der Waals surface area contributed by atoms with Gasteiger partial charge in [-0.15, -0.1) is 0 Å². The molecule has 0 aliphatic heterocycles. The van der Waals surface area contributed by atoms with Gasteiger partial charge in [0.25, 0.3) is 0 Å². The quantitative estimate of drug-likeness (QED) is 0.939. The van der Waals surface area contributed by atoms with Crippen molar-refractivity contribution in [1.29, 1.82) is 0 Å². The normalized spacial score (nSPS) is 10.6. The number of hydrogen-bond donors (Lipinski definition) is 1. The molecule has 2 aromatic rings. The van der Waals surface area contributed by atoms with Gasteiger partial charge in [0, 0.05) is 11.8 Å². The highest BCUT2D eigenvalue weighted by Gasteiger charge is 2.13. The highest BCUT2D eigenvalue weighted by atomic mass is 79.9. The predicted octanol–water partition coefficient (Wildman–Crippen LogP) is 2.29. The molecular formula is C10H9BrN2O3. The number of furan rings is 1. The molecule has 84 valence electrons. The van der Waals surface area contributed by atoms with Crippen molar-refractivity contribution in [2.24, 2.45) is 0 Å². The summed E-state index contributed by atoms with van der Waals surface area (Å²) in [6.07, 6.45) is 3.49. The summed E-state index contributed by atoms with van der Waals surface area (Å²) in [6, 6.07) is 1.52. The number of carboxylic acid groups (broad SMARTS) is 1. The molecule has 2 heterocycles. The third-order valence-corrected chi connectivity index (χ3v) is 2.57. The fourth-order valence-corrected chi connectivity index (χ4v) is 1.71. The number of aromatic nitrogens is 2. The Bertz CT molecular complexity index is 530. The van der Waals surface area contributed by atoms with Gasteiger partial charge in [0.05, 0.1) is 17.2 Å². The predicted molar refractivity (Wildman–Crippen MR) is 59.4 cm³/mol. The molecule has 0 bridgehead atoms. The van der Waals surface area contributed by atoms with Gasteiger partial charge in [-0.3, -0.25) is 4.68 Å². The zero-order chi connectivity index (χ0) is 11.7. The monoisotopic (exact) mass is 284 g/mol. The molecule has 0 saturated carbocycles. The lowest BCUT2D eigenvalue weighted by Crippen LogP contribution is -1.99. The first-order valence-electron chi connectivity index (χ1n) is 4.57. The van der Waals surface area contributed by atoms with Gasteiger partial charge < -0.3 is 9.52 Å². The average Bonchev–Trinajstić information content (AvgIpc) is 2.75. The molecule has 0 aliphatic rings. The first-order chi connectivity index (χ1) is 7.56. The van der Waals surface area contributed by atoms with Crippen LogP contribution in [0.3, 0.4) is 0 Å². The number of aryl methyl sites for hydroxylation is 1. The Balaban J connectivity index is 2.24. The van der Waals surface area contributed by atoms with E-state index in [-0.39, 0.29) is 5.76 Å². The fraction of sp³-hybridized carbons (Fsp3) is 0.200. The van der Waals surface area contributed by atoms with Gasteiger partial charge in [-0.2, -0.15) is 5.10 Å². The molecule has 2 rings (SSSR count). The minimum absolute atomic E-state index is 0.0429. The Morgan fingerprint density at radius 1 is 1.69 bits per heavy atom. The van der Waals surface area contributed by atoms with Crippen LogP contribution in [-0.2, 0) is 6.54 Å². The van der Waals surface area contributed by atoms with Gasteiger partial charge in [0.1, 0.15) is 5.76 Å². The Morgan fingerprint density at radius 2 is 2.44 bits per heavy atom. The Labute approximate surface area is 99.8 Å². The number of hydrogen-bond acceptors (Lipinski definition) is 3. The van der Waals surface area contributed by atoms with Crippen LogP contribution in [0.4, 0.5) is 0 Å². The molecule has 2 aromatic heterocycles. The van der Waals surface area contributed by atoms with E-state index in [1.165, 1.54) is 6.07 Å². The van der Waals surface area contributed by atoms with Crippen molar-refractivity contribution < 1.29 is 14.3 Å². The molecule has 0 atom stereocenters. The van der Waals surface area contributed by atoms with E-state index in [1.807, 2.05) is 6.20 Å². The van der Waals surface area contributed by atoms with Crippen LogP contribution < -0.4 is 0 Å². The molecule has 6 heteroatoms. The van der Waals surface area contributed by atoms with Crippen molar-refractivity contribution in [3.8, 4) is 0 Å². The largest absolute Gasteiger partial charge is 0.475 e. The average molecular weight is 285 g/mol. The molecule has 0 spiro atoms. The molecule has 0 unspecified atom stereocenters. The third-order valence-electron chi connectivity index (χ3n) is 2.17. The van der Waals surface area contributed by atoms with Crippen molar-refractivity contribution in [2.45, 2.75) is 13.5 Å². The maximum atomic E-state index is 10.7. The summed E-state index contributed by atoms with van der Waals surface area (Å²) in [7, 11) is 0. The molecule has 16 heavy (non-hydrogen) atoms. The molecule has 0 amide bonds. The highest BCUT2D eigenvalue weighted by molar-refractivity contribution is 9.10. The maximum Gasteiger partial charge on any atom is 0.371 e. The second-order valence-electron chi connectivity index (χ2n) is 3.35. The van der Waals surface area contributed by atoms with E-state index >= 15 is 0 Å². The topological polar surface area (TPSA) is 68.3 Å². The van der Waals surface area contributed by atoms with Crippen LogP contribution in [0.5, 0.6) is 0 Å². The number of carbonyl (C=O) groups is 1. The first-order valence-corrected chi connectivity index (χ1v) is 5.36. The Hall–Kier alpha value is -1.56. The lowest BCUT2D eigenvalue weighted by atomic mass is 10.2. The van der Waals surface area contributed by atoms with Crippen molar-refractivity contribution in [2.75, 3.05) is 0 Å². The van der Waals surface area contributed by atoms with Crippen molar-refractivity contribution in [3.05, 3.63) is 40.0 Å². The summed E-state index contributed by atoms with van der Waals surface area (Å²) in [5, 5.41) is 12.9. The molecule has 0 aliphatic carbocycles. The van der Waals surface area contributed by atoms with Gasteiger partial charge >= 0.3 is 5.97 Å². The number of nitrogens with zero attached hydrogens (tertiary/aromatic N) is 2. The number of rotatable bonds is 3. The maximum absolute atomic E-state index is 10.7. The zero-order valence-electron chi connectivity index (χ0n) is 8.48. The summed E-state index contributed by atoms with van der Waals surface area (Å²) in [6.45, 7) is 2.23. The molecule has 0 aromatic carbocycles. The zero-order valence-corrected chi connectivity index (χ0v) is 10.1. The van der Waals surface area contributed by atoms with E-state index in [9.17, 15) is 4.79 Å². The number of halogens is 1. The van der Waals surface area contributed by atoms with Gasteiger partial charge in [-0.1, -0.05) is 0 Å². The van der Waals surface area contributed by atoms with E-state index in [2.05, 4.69) is 21.0 Å². The number of carboxylic acids is 1. The molecular weight excluding hydrogens is 276 g/mol. The lowest BCUT2D eigenvalue weighted by molar-refractivity contribution is 0.0661. The summed E-state index contributed by atoms with van der Waals surface area (Å²) in [5.41, 5.74) is 0.813. The van der Waals surface area contributed by atoms with Gasteiger partial charge in [-0.25, -0.2) is 4.79 Å². The third kappa shape index (κ3) is 2.16. The SMILES string of the molecule is Cc1oc(C(=O)O)cc1Cn1cc(Br)cn1. The van der Waals surface area contributed by atoms with Crippen LogP contribution >= 0.6 is 15.9 Å². The minimum Gasteiger partial charge on any atom is -0.475 e. The van der Waals surface area contributed by atoms with Gasteiger partial charge in [-0.05, 0) is 28.9 Å². The van der Waals surface area contributed by atoms with Gasteiger partial charge in [0.2, 0.25) is 5.76 Å². The van der Waals surface area contributed by atoms with E-state index in [4.69, 9.17) is 9.52 Å². The second-order valence-corrected chi connectivity index (χ2v) is 4.27. The van der Waals surface area contributed by atoms with Crippen molar-refractivity contribution in [3.63, 3.8) is 0 Å². The Kier molecular flexibility index (Phi) is 2.82. The van der Waals surface area contributed by atoms with E-state index in [0.29, 0.717) is 12.3 Å². The smallest absolute Gasteiger partial charge is 0.371 e. The summed E-state index contributed by atoms with van der Waals surface area (Å²) in [4.78, 5) is 10.7. The lowest BCUT2D eigenvalue weighted by Gasteiger charge is -1.98. The van der Waals surface area contributed by atoms with Crippen LogP contribution in [0.1, 0.15) is 21.9 Å². The van der Waals surface area contributed by atoms with Crippen molar-refractivity contribution >= 4 is 21.9 Å². The molecule has 0 saturated heterocycles. The van der Waals surface area contributed by atoms with Crippen LogP contribution in [0.25, 0.3) is 0 Å². The molecule has 5 nitrogen and oxygen atoms in total. The first kappa shape index (κ1) is 10.9. The molecule has 0 fully saturated rings. The highest BCUT2D eigenvalue weighted by Crippen LogP contribution is 2.16. The van der Waals surface area contributed by atoms with E-state index in [1.54, 1.807) is 17.8 Å². The van der Waals surface area contributed by atoms with Crippen LogP contribution in [0.15, 0.2) is 27.3 Å². The van der Waals surface area contributed by atoms with Crippen molar-refractivity contribution in [1.82, 2.24) is 9.78 Å². The van der Waals surface area contributed by atoms with Crippen LogP contribution in [0, 0.1) is 6.92 Å². The molecule has 0 radical (unpaired) electrons. The number of aromatic carboxylic acids is 1. The Morgan fingerprint density at radius 3 is 2.94 bits per heavy atom. The second kappa shape index (κ2) is 4.13. The standard InChI is InChI=1S/C10H9BrN2O3/c1-6-7(2-9(16-6)10(14)15)4-13-5-8(11)3-12-13/h2-3,5H,4H2,1H3,(H,14,15). The molecule has 1 N–H and O–H groups in total. The van der Waals surface area contributed by atoms with Crippen LogP contribution in [-0.4, -0.2) is 20.9 Å². The van der Waals surface area contributed by atoms with Gasteiger partial charge in [0.15, 0.2) is 0 Å².